The molecular formula is C12H26ClN3O2S. The van der Waals surface area contributed by atoms with Crippen LogP contribution < -0.4 is 0 Å². The van der Waals surface area contributed by atoms with Crippen LogP contribution in [0.1, 0.15) is 27.2 Å². The molecule has 1 aliphatic rings. The van der Waals surface area contributed by atoms with Gasteiger partial charge in [0.05, 0.1) is 0 Å². The monoisotopic (exact) mass is 311 g/mol. The van der Waals surface area contributed by atoms with Crippen LogP contribution in [0.25, 0.3) is 0 Å². The van der Waals surface area contributed by atoms with Gasteiger partial charge in [-0.15, -0.1) is 11.6 Å². The second-order valence-corrected chi connectivity index (χ2v) is 8.34. The topological polar surface area (TPSA) is 43.9 Å². The Bertz CT molecular complexity index is 373. The maximum atomic E-state index is 12.3. The highest BCUT2D eigenvalue weighted by atomic mass is 35.5. The van der Waals surface area contributed by atoms with Crippen LogP contribution in [-0.2, 0) is 10.2 Å². The van der Waals surface area contributed by atoms with E-state index in [0.29, 0.717) is 31.9 Å². The first-order chi connectivity index (χ1) is 8.69. The molecule has 0 unspecified atom stereocenters. The fourth-order valence-electron chi connectivity index (χ4n) is 2.18. The Morgan fingerprint density at radius 2 is 1.68 bits per heavy atom. The molecule has 0 saturated carbocycles. The van der Waals surface area contributed by atoms with Gasteiger partial charge >= 0.3 is 0 Å². The molecule has 0 aromatic carbocycles. The van der Waals surface area contributed by atoms with Crippen molar-refractivity contribution in [2.24, 2.45) is 0 Å². The molecule has 1 heterocycles. The largest absolute Gasteiger partial charge is 0.296 e. The molecule has 0 amide bonds. The van der Waals surface area contributed by atoms with Gasteiger partial charge in [-0.1, -0.05) is 0 Å². The quantitative estimate of drug-likeness (QED) is 0.717. The first-order valence-electron chi connectivity index (χ1n) is 6.72. The number of alkyl halides is 1. The standard InChI is InChI=1S/C12H26ClN3O2S/c1-12(2,3)15-8-10-16(11-9-15)19(17,18)14(4)7-5-6-13/h5-11H2,1-4H3. The van der Waals surface area contributed by atoms with Gasteiger partial charge in [0.1, 0.15) is 0 Å². The molecule has 0 aromatic rings. The van der Waals surface area contributed by atoms with Gasteiger partial charge in [0.15, 0.2) is 0 Å². The summed E-state index contributed by atoms with van der Waals surface area (Å²) in [7, 11) is -1.70. The second-order valence-electron chi connectivity index (χ2n) is 5.93. The molecule has 0 spiro atoms. The molecule has 1 saturated heterocycles. The number of rotatable bonds is 5. The zero-order chi connectivity index (χ0) is 14.7. The van der Waals surface area contributed by atoms with Crippen LogP contribution >= 0.6 is 11.6 Å². The zero-order valence-electron chi connectivity index (χ0n) is 12.4. The fourth-order valence-corrected chi connectivity index (χ4v) is 3.68. The van der Waals surface area contributed by atoms with E-state index in [1.165, 1.54) is 4.31 Å². The van der Waals surface area contributed by atoms with E-state index < -0.39 is 10.2 Å². The van der Waals surface area contributed by atoms with Crippen molar-refractivity contribution in [1.82, 2.24) is 13.5 Å². The highest BCUT2D eigenvalue weighted by molar-refractivity contribution is 7.86. The molecule has 5 nitrogen and oxygen atoms in total. The van der Waals surface area contributed by atoms with Crippen molar-refractivity contribution in [3.63, 3.8) is 0 Å². The summed E-state index contributed by atoms with van der Waals surface area (Å²) in [6.45, 7) is 9.64. The molecule has 1 rings (SSSR count). The van der Waals surface area contributed by atoms with Gasteiger partial charge in [0.25, 0.3) is 10.2 Å². The minimum atomic E-state index is -3.32. The highest BCUT2D eigenvalue weighted by Gasteiger charge is 2.33. The first-order valence-corrected chi connectivity index (χ1v) is 8.65. The third-order valence-electron chi connectivity index (χ3n) is 3.51. The number of nitrogens with zero attached hydrogens (tertiary/aromatic N) is 3. The van der Waals surface area contributed by atoms with E-state index in [1.807, 2.05) is 0 Å². The Labute approximate surface area is 122 Å². The van der Waals surface area contributed by atoms with Crippen molar-refractivity contribution in [2.45, 2.75) is 32.7 Å². The van der Waals surface area contributed by atoms with Crippen molar-refractivity contribution in [2.75, 3.05) is 45.7 Å². The predicted molar refractivity (Wildman–Crippen MR) is 79.8 cm³/mol. The summed E-state index contributed by atoms with van der Waals surface area (Å²) in [6, 6.07) is 0. The van der Waals surface area contributed by atoms with Crippen LogP contribution in [-0.4, -0.2) is 73.1 Å². The fraction of sp³-hybridized carbons (Fsp3) is 1.00. The van der Waals surface area contributed by atoms with Gasteiger partial charge in [-0.05, 0) is 27.2 Å². The third kappa shape index (κ3) is 4.56. The predicted octanol–water partition coefficient (Wildman–Crippen LogP) is 1.21. The first kappa shape index (κ1) is 17.2. The zero-order valence-corrected chi connectivity index (χ0v) is 14.0. The third-order valence-corrected chi connectivity index (χ3v) is 5.77. The normalized spacial score (nSPS) is 20.1. The smallest absolute Gasteiger partial charge is 0.281 e. The maximum absolute atomic E-state index is 12.3. The lowest BCUT2D eigenvalue weighted by atomic mass is 10.1. The van der Waals surface area contributed by atoms with E-state index in [0.717, 1.165) is 13.1 Å². The lowest BCUT2D eigenvalue weighted by Crippen LogP contribution is -2.56. The van der Waals surface area contributed by atoms with E-state index in [4.69, 9.17) is 11.6 Å². The molecular weight excluding hydrogens is 286 g/mol. The molecule has 0 aromatic heterocycles. The van der Waals surface area contributed by atoms with Crippen LogP contribution in [0.4, 0.5) is 0 Å². The van der Waals surface area contributed by atoms with Gasteiger partial charge in [0.2, 0.25) is 0 Å². The van der Waals surface area contributed by atoms with Crippen molar-refractivity contribution in [3.8, 4) is 0 Å². The molecule has 7 heteroatoms. The molecule has 0 N–H and O–H groups in total. The van der Waals surface area contributed by atoms with Crippen molar-refractivity contribution >= 4 is 21.8 Å². The van der Waals surface area contributed by atoms with Crippen LogP contribution in [0.15, 0.2) is 0 Å². The van der Waals surface area contributed by atoms with E-state index >= 15 is 0 Å². The van der Waals surface area contributed by atoms with E-state index in [-0.39, 0.29) is 5.54 Å². The van der Waals surface area contributed by atoms with Gasteiger partial charge in [0, 0.05) is 51.2 Å². The summed E-state index contributed by atoms with van der Waals surface area (Å²) in [5.74, 6) is 0.484. The lowest BCUT2D eigenvalue weighted by molar-refractivity contribution is 0.0901. The molecule has 114 valence electrons. The molecule has 1 aliphatic heterocycles. The molecule has 19 heavy (non-hydrogen) atoms. The summed E-state index contributed by atoms with van der Waals surface area (Å²) in [5.41, 5.74) is 0.0976. The highest BCUT2D eigenvalue weighted by Crippen LogP contribution is 2.18. The Balaban J connectivity index is 2.59. The molecule has 0 atom stereocenters. The van der Waals surface area contributed by atoms with Crippen molar-refractivity contribution < 1.29 is 8.42 Å². The minimum absolute atomic E-state index is 0.0976. The molecule has 0 bridgehead atoms. The average Bonchev–Trinajstić information content (AvgIpc) is 2.35. The van der Waals surface area contributed by atoms with Gasteiger partial charge in [-0.2, -0.15) is 17.0 Å². The number of piperazine rings is 1. The second kappa shape index (κ2) is 6.72. The molecule has 0 aliphatic carbocycles. The van der Waals surface area contributed by atoms with Crippen LogP contribution in [0.2, 0.25) is 0 Å². The SMILES string of the molecule is CN(CCCCl)S(=O)(=O)N1CCN(C(C)(C)C)CC1. The van der Waals surface area contributed by atoms with Crippen LogP contribution in [0.5, 0.6) is 0 Å². The Kier molecular flexibility index (Phi) is 6.07. The number of hydrogen-bond acceptors (Lipinski definition) is 3. The van der Waals surface area contributed by atoms with E-state index in [1.54, 1.807) is 11.4 Å². The summed E-state index contributed by atoms with van der Waals surface area (Å²) >= 11 is 5.61. The minimum Gasteiger partial charge on any atom is -0.296 e. The van der Waals surface area contributed by atoms with E-state index in [9.17, 15) is 8.42 Å². The average molecular weight is 312 g/mol. The van der Waals surface area contributed by atoms with Crippen molar-refractivity contribution in [1.29, 1.82) is 0 Å². The number of halogens is 1. The summed E-state index contributed by atoms with van der Waals surface area (Å²) < 4.78 is 27.7. The Morgan fingerprint density at radius 1 is 1.16 bits per heavy atom. The Hall–Kier alpha value is 0.120. The van der Waals surface area contributed by atoms with Gasteiger partial charge in [-0.3, -0.25) is 4.90 Å². The van der Waals surface area contributed by atoms with Crippen LogP contribution in [0, 0.1) is 0 Å². The van der Waals surface area contributed by atoms with Gasteiger partial charge < -0.3 is 0 Å². The van der Waals surface area contributed by atoms with Crippen LogP contribution in [0.3, 0.4) is 0 Å². The summed E-state index contributed by atoms with van der Waals surface area (Å²) in [6.07, 6.45) is 0.680. The lowest BCUT2D eigenvalue weighted by Gasteiger charge is -2.42. The Morgan fingerprint density at radius 3 is 2.11 bits per heavy atom. The van der Waals surface area contributed by atoms with E-state index in [2.05, 4.69) is 25.7 Å². The number of hydrogen-bond donors (Lipinski definition) is 0. The molecule has 1 fully saturated rings. The summed E-state index contributed by atoms with van der Waals surface area (Å²) in [5, 5.41) is 0. The maximum Gasteiger partial charge on any atom is 0.281 e. The summed E-state index contributed by atoms with van der Waals surface area (Å²) in [4.78, 5) is 2.32. The molecule has 0 radical (unpaired) electrons. The van der Waals surface area contributed by atoms with Gasteiger partial charge in [-0.25, -0.2) is 0 Å². The van der Waals surface area contributed by atoms with Crippen molar-refractivity contribution in [3.05, 3.63) is 0 Å².